The molecular weight excluding hydrogens is 198 g/mol. The van der Waals surface area contributed by atoms with Gasteiger partial charge in [-0.2, -0.15) is 5.10 Å². The number of hydrogen-bond donors (Lipinski definition) is 1. The van der Waals surface area contributed by atoms with Crippen molar-refractivity contribution in [2.24, 2.45) is 5.92 Å². The molecule has 1 fully saturated rings. The summed E-state index contributed by atoms with van der Waals surface area (Å²) in [6.45, 7) is 6.50. The van der Waals surface area contributed by atoms with E-state index in [1.54, 1.807) is 0 Å². The zero-order valence-electron chi connectivity index (χ0n) is 10.4. The maximum Gasteiger partial charge on any atom is 0.0537 e. The molecule has 0 saturated heterocycles. The molecular formula is C13H23N3. The third-order valence-electron chi connectivity index (χ3n) is 3.62. The van der Waals surface area contributed by atoms with Crippen LogP contribution in [0.3, 0.4) is 0 Å². The summed E-state index contributed by atoms with van der Waals surface area (Å²) in [7, 11) is 0. The Bertz CT molecular complexity index is 319. The molecule has 0 aromatic carbocycles. The molecule has 2 atom stereocenters. The summed E-state index contributed by atoms with van der Waals surface area (Å²) in [4.78, 5) is 0. The SMILES string of the molecule is Cc1ccnn1CCNC1CCCC(C)C1. The molecule has 2 unspecified atom stereocenters. The fourth-order valence-electron chi connectivity index (χ4n) is 2.63. The highest BCUT2D eigenvalue weighted by molar-refractivity contribution is 4.96. The second-order valence-corrected chi connectivity index (χ2v) is 5.12. The summed E-state index contributed by atoms with van der Waals surface area (Å²) in [6, 6.07) is 2.79. The van der Waals surface area contributed by atoms with Gasteiger partial charge in [0.2, 0.25) is 0 Å². The van der Waals surface area contributed by atoms with Crippen molar-refractivity contribution in [1.82, 2.24) is 15.1 Å². The second-order valence-electron chi connectivity index (χ2n) is 5.12. The van der Waals surface area contributed by atoms with Gasteiger partial charge < -0.3 is 5.32 Å². The maximum absolute atomic E-state index is 4.29. The normalized spacial score (nSPS) is 25.9. The first-order valence-electron chi connectivity index (χ1n) is 6.47. The first-order valence-corrected chi connectivity index (χ1v) is 6.47. The van der Waals surface area contributed by atoms with E-state index in [1.807, 2.05) is 6.20 Å². The van der Waals surface area contributed by atoms with Crippen molar-refractivity contribution < 1.29 is 0 Å². The number of rotatable bonds is 4. The van der Waals surface area contributed by atoms with Crippen LogP contribution in [0, 0.1) is 12.8 Å². The van der Waals surface area contributed by atoms with Crippen LogP contribution in [0.4, 0.5) is 0 Å². The third-order valence-corrected chi connectivity index (χ3v) is 3.62. The fourth-order valence-corrected chi connectivity index (χ4v) is 2.63. The van der Waals surface area contributed by atoms with Crippen LogP contribution >= 0.6 is 0 Å². The van der Waals surface area contributed by atoms with E-state index in [9.17, 15) is 0 Å². The number of aromatic nitrogens is 2. The Morgan fingerprint density at radius 1 is 1.50 bits per heavy atom. The molecule has 1 aromatic rings. The van der Waals surface area contributed by atoms with Gasteiger partial charge in [0, 0.05) is 24.5 Å². The standard InChI is InChI=1S/C13H23N3/c1-11-4-3-5-13(10-11)14-8-9-16-12(2)6-7-15-16/h6-7,11,13-14H,3-5,8-10H2,1-2H3. The van der Waals surface area contributed by atoms with Crippen molar-refractivity contribution in [3.8, 4) is 0 Å². The van der Waals surface area contributed by atoms with Gasteiger partial charge in [0.1, 0.15) is 0 Å². The van der Waals surface area contributed by atoms with Crippen molar-refractivity contribution in [3.63, 3.8) is 0 Å². The van der Waals surface area contributed by atoms with Crippen LogP contribution in [0.25, 0.3) is 0 Å². The summed E-state index contributed by atoms with van der Waals surface area (Å²) in [5.74, 6) is 0.901. The van der Waals surface area contributed by atoms with Crippen LogP contribution < -0.4 is 5.32 Å². The third kappa shape index (κ3) is 3.08. The Labute approximate surface area is 98.2 Å². The van der Waals surface area contributed by atoms with Gasteiger partial charge in [0.15, 0.2) is 0 Å². The monoisotopic (exact) mass is 221 g/mol. The Kier molecular flexibility index (Phi) is 3.99. The van der Waals surface area contributed by atoms with Crippen molar-refractivity contribution in [1.29, 1.82) is 0 Å². The van der Waals surface area contributed by atoms with Gasteiger partial charge in [-0.1, -0.05) is 19.8 Å². The Balaban J connectivity index is 1.70. The molecule has 0 amide bonds. The minimum absolute atomic E-state index is 0.736. The minimum Gasteiger partial charge on any atom is -0.312 e. The largest absolute Gasteiger partial charge is 0.312 e. The summed E-state index contributed by atoms with van der Waals surface area (Å²) in [6.07, 6.45) is 7.37. The van der Waals surface area contributed by atoms with Crippen LogP contribution in [0.1, 0.15) is 38.3 Å². The van der Waals surface area contributed by atoms with Gasteiger partial charge in [0.05, 0.1) is 6.54 Å². The van der Waals surface area contributed by atoms with Gasteiger partial charge in [-0.25, -0.2) is 0 Å². The molecule has 3 heteroatoms. The lowest BCUT2D eigenvalue weighted by Crippen LogP contribution is -2.35. The lowest BCUT2D eigenvalue weighted by atomic mass is 9.87. The summed E-state index contributed by atoms with van der Waals surface area (Å²) < 4.78 is 2.07. The lowest BCUT2D eigenvalue weighted by Gasteiger charge is -2.27. The highest BCUT2D eigenvalue weighted by Gasteiger charge is 2.17. The minimum atomic E-state index is 0.736. The molecule has 90 valence electrons. The first-order chi connectivity index (χ1) is 7.75. The molecule has 1 aromatic heterocycles. The highest BCUT2D eigenvalue weighted by atomic mass is 15.3. The molecule has 16 heavy (non-hydrogen) atoms. The smallest absolute Gasteiger partial charge is 0.0537 e. The zero-order valence-corrected chi connectivity index (χ0v) is 10.4. The molecule has 1 aliphatic rings. The molecule has 2 rings (SSSR count). The van der Waals surface area contributed by atoms with E-state index in [-0.39, 0.29) is 0 Å². The molecule has 1 saturated carbocycles. The van der Waals surface area contributed by atoms with Crippen LogP contribution in [0.15, 0.2) is 12.3 Å². The van der Waals surface area contributed by atoms with E-state index in [1.165, 1.54) is 31.4 Å². The van der Waals surface area contributed by atoms with Gasteiger partial charge in [-0.3, -0.25) is 4.68 Å². The molecule has 0 aliphatic heterocycles. The van der Waals surface area contributed by atoms with E-state index in [0.29, 0.717) is 0 Å². The highest BCUT2D eigenvalue weighted by Crippen LogP contribution is 2.23. The average molecular weight is 221 g/mol. The maximum atomic E-state index is 4.29. The predicted octanol–water partition coefficient (Wildman–Crippen LogP) is 2.36. The summed E-state index contributed by atoms with van der Waals surface area (Å²) in [5, 5.41) is 7.95. The summed E-state index contributed by atoms with van der Waals surface area (Å²) in [5.41, 5.74) is 1.25. The van der Waals surface area contributed by atoms with Gasteiger partial charge in [-0.15, -0.1) is 0 Å². The molecule has 0 bridgehead atoms. The van der Waals surface area contributed by atoms with Crippen LogP contribution in [-0.2, 0) is 6.54 Å². The number of hydrogen-bond acceptors (Lipinski definition) is 2. The number of nitrogens with one attached hydrogen (secondary N) is 1. The van der Waals surface area contributed by atoms with Crippen LogP contribution in [0.5, 0.6) is 0 Å². The first kappa shape index (κ1) is 11.6. The Hall–Kier alpha value is -0.830. The molecule has 1 aliphatic carbocycles. The number of nitrogens with zero attached hydrogens (tertiary/aromatic N) is 2. The van der Waals surface area contributed by atoms with Crippen molar-refractivity contribution in [2.45, 2.75) is 52.1 Å². The average Bonchev–Trinajstić information content (AvgIpc) is 2.65. The van der Waals surface area contributed by atoms with E-state index < -0.39 is 0 Å². The van der Waals surface area contributed by atoms with Crippen molar-refractivity contribution >= 4 is 0 Å². The Morgan fingerprint density at radius 2 is 2.38 bits per heavy atom. The second kappa shape index (κ2) is 5.48. The van der Waals surface area contributed by atoms with E-state index >= 15 is 0 Å². The van der Waals surface area contributed by atoms with E-state index in [2.05, 4.69) is 35.0 Å². The van der Waals surface area contributed by atoms with Gasteiger partial charge in [0.25, 0.3) is 0 Å². The Morgan fingerprint density at radius 3 is 3.06 bits per heavy atom. The zero-order chi connectivity index (χ0) is 11.4. The van der Waals surface area contributed by atoms with Crippen molar-refractivity contribution in [3.05, 3.63) is 18.0 Å². The molecule has 3 nitrogen and oxygen atoms in total. The number of aryl methyl sites for hydroxylation is 1. The van der Waals surface area contributed by atoms with Crippen LogP contribution in [0.2, 0.25) is 0 Å². The fraction of sp³-hybridized carbons (Fsp3) is 0.769. The van der Waals surface area contributed by atoms with E-state index in [4.69, 9.17) is 0 Å². The molecule has 0 spiro atoms. The topological polar surface area (TPSA) is 29.9 Å². The molecule has 1 heterocycles. The predicted molar refractivity (Wildman–Crippen MR) is 66.4 cm³/mol. The summed E-state index contributed by atoms with van der Waals surface area (Å²) >= 11 is 0. The molecule has 0 radical (unpaired) electrons. The molecule has 1 N–H and O–H groups in total. The quantitative estimate of drug-likeness (QED) is 0.846. The van der Waals surface area contributed by atoms with Crippen LogP contribution in [-0.4, -0.2) is 22.4 Å². The lowest BCUT2D eigenvalue weighted by molar-refractivity contribution is 0.298. The van der Waals surface area contributed by atoms with Gasteiger partial charge >= 0.3 is 0 Å². The van der Waals surface area contributed by atoms with Crippen molar-refractivity contribution in [2.75, 3.05) is 6.54 Å². The van der Waals surface area contributed by atoms with Gasteiger partial charge in [-0.05, 0) is 31.7 Å². The van der Waals surface area contributed by atoms with E-state index in [0.717, 1.165) is 25.0 Å².